The molecule has 16 heavy (non-hydrogen) atoms. The van der Waals surface area contributed by atoms with Crippen LogP contribution in [0.3, 0.4) is 0 Å². The van der Waals surface area contributed by atoms with E-state index in [1.165, 1.54) is 5.56 Å². The zero-order valence-electron chi connectivity index (χ0n) is 9.42. The third kappa shape index (κ3) is 1.52. The van der Waals surface area contributed by atoms with Gasteiger partial charge >= 0.3 is 0 Å². The predicted molar refractivity (Wildman–Crippen MR) is 65.7 cm³/mol. The number of nitrogens with one attached hydrogen (secondary N) is 2. The first kappa shape index (κ1) is 10.5. The van der Waals surface area contributed by atoms with Crippen molar-refractivity contribution in [2.24, 2.45) is 5.73 Å². The molecule has 0 saturated heterocycles. The number of rotatable bonds is 3. The second-order valence-corrected chi connectivity index (χ2v) is 3.72. The molecule has 2 aromatic rings. The summed E-state index contributed by atoms with van der Waals surface area (Å²) in [6.45, 7) is 2.10. The van der Waals surface area contributed by atoms with E-state index in [9.17, 15) is 4.79 Å². The molecule has 0 unspecified atom stereocenters. The third-order valence-electron chi connectivity index (χ3n) is 2.77. The maximum Gasteiger partial charge on any atom is 0.253 e. The Hall–Kier alpha value is -1.97. The first-order chi connectivity index (χ1) is 7.67. The topological polar surface area (TPSA) is 70.9 Å². The van der Waals surface area contributed by atoms with Crippen molar-refractivity contribution < 1.29 is 4.79 Å². The molecule has 0 spiro atoms. The largest absolute Gasteiger partial charge is 0.374 e. The summed E-state index contributed by atoms with van der Waals surface area (Å²) in [5.41, 5.74) is 8.07. The van der Waals surface area contributed by atoms with Crippen molar-refractivity contribution in [1.82, 2.24) is 4.98 Å². The molecule has 4 heteroatoms. The van der Waals surface area contributed by atoms with Crippen molar-refractivity contribution in [1.29, 1.82) is 0 Å². The van der Waals surface area contributed by atoms with Gasteiger partial charge in [-0.15, -0.1) is 0 Å². The van der Waals surface area contributed by atoms with Crippen LogP contribution in [0, 0.1) is 0 Å². The van der Waals surface area contributed by atoms with Crippen molar-refractivity contribution in [3.63, 3.8) is 0 Å². The fourth-order valence-electron chi connectivity index (χ4n) is 1.91. The number of nitrogens with two attached hydrogens (primary N) is 1. The highest BCUT2D eigenvalue weighted by Crippen LogP contribution is 2.26. The van der Waals surface area contributed by atoms with E-state index in [0.29, 0.717) is 11.4 Å². The molecule has 4 nitrogen and oxygen atoms in total. The summed E-state index contributed by atoms with van der Waals surface area (Å²) >= 11 is 0. The number of aryl methyl sites for hydroxylation is 1. The fourth-order valence-corrected chi connectivity index (χ4v) is 1.91. The van der Waals surface area contributed by atoms with Gasteiger partial charge in [0, 0.05) is 18.0 Å². The summed E-state index contributed by atoms with van der Waals surface area (Å²) in [6, 6.07) is 6.00. The Morgan fingerprint density at radius 2 is 2.25 bits per heavy atom. The number of amides is 1. The molecule has 1 heterocycles. The van der Waals surface area contributed by atoms with Crippen molar-refractivity contribution in [3.8, 4) is 0 Å². The molecule has 0 aliphatic carbocycles. The van der Waals surface area contributed by atoms with E-state index in [1.807, 2.05) is 18.2 Å². The van der Waals surface area contributed by atoms with Gasteiger partial charge in [0.2, 0.25) is 0 Å². The van der Waals surface area contributed by atoms with Gasteiger partial charge in [0.1, 0.15) is 5.82 Å². The average Bonchev–Trinajstić information content (AvgIpc) is 2.65. The van der Waals surface area contributed by atoms with Crippen LogP contribution >= 0.6 is 0 Å². The number of aromatic amines is 1. The standard InChI is InChI=1S/C12H15N3O/c1-3-7-4-5-8-9(6-7)15-12(14-2)10(8)11(13)16/h4-6,14-15H,3H2,1-2H3,(H2,13,16). The van der Waals surface area contributed by atoms with E-state index in [4.69, 9.17) is 5.73 Å². The summed E-state index contributed by atoms with van der Waals surface area (Å²) in [6.07, 6.45) is 0.968. The number of benzene rings is 1. The number of hydrogen-bond acceptors (Lipinski definition) is 2. The van der Waals surface area contributed by atoms with Crippen LogP contribution in [-0.4, -0.2) is 17.9 Å². The predicted octanol–water partition coefficient (Wildman–Crippen LogP) is 1.87. The SMILES string of the molecule is CCc1ccc2c(C(N)=O)c(NC)[nH]c2c1. The fraction of sp³-hybridized carbons (Fsp3) is 0.250. The molecule has 4 N–H and O–H groups in total. The van der Waals surface area contributed by atoms with E-state index in [-0.39, 0.29) is 0 Å². The lowest BCUT2D eigenvalue weighted by Gasteiger charge is -1.98. The normalized spacial score (nSPS) is 10.6. The zero-order chi connectivity index (χ0) is 11.7. The van der Waals surface area contributed by atoms with Crippen molar-refractivity contribution in [2.75, 3.05) is 12.4 Å². The van der Waals surface area contributed by atoms with Crippen LogP contribution in [0.1, 0.15) is 22.8 Å². The zero-order valence-corrected chi connectivity index (χ0v) is 9.42. The van der Waals surface area contributed by atoms with Gasteiger partial charge in [-0.3, -0.25) is 4.79 Å². The molecule has 1 aromatic carbocycles. The van der Waals surface area contributed by atoms with Crippen LogP contribution in [0.4, 0.5) is 5.82 Å². The lowest BCUT2D eigenvalue weighted by Crippen LogP contribution is -2.12. The highest BCUT2D eigenvalue weighted by atomic mass is 16.1. The Bertz CT molecular complexity index is 542. The molecule has 0 fully saturated rings. The van der Waals surface area contributed by atoms with Crippen LogP contribution < -0.4 is 11.1 Å². The van der Waals surface area contributed by atoms with E-state index < -0.39 is 5.91 Å². The lowest BCUT2D eigenvalue weighted by molar-refractivity contribution is 0.100. The number of carbonyl (C=O) groups is 1. The Morgan fingerprint density at radius 3 is 2.81 bits per heavy atom. The van der Waals surface area contributed by atoms with Crippen LogP contribution in [0.25, 0.3) is 10.9 Å². The van der Waals surface area contributed by atoms with Crippen LogP contribution in [0.5, 0.6) is 0 Å². The number of hydrogen-bond donors (Lipinski definition) is 3. The molecular weight excluding hydrogens is 202 g/mol. The molecule has 0 aliphatic rings. The first-order valence-corrected chi connectivity index (χ1v) is 5.29. The number of H-pyrrole nitrogens is 1. The minimum Gasteiger partial charge on any atom is -0.374 e. The summed E-state index contributed by atoms with van der Waals surface area (Å²) in [4.78, 5) is 14.5. The highest BCUT2D eigenvalue weighted by molar-refractivity contribution is 6.11. The van der Waals surface area contributed by atoms with Crippen LogP contribution in [-0.2, 0) is 6.42 Å². The monoisotopic (exact) mass is 217 g/mol. The summed E-state index contributed by atoms with van der Waals surface area (Å²) in [5.74, 6) is 0.260. The van der Waals surface area contributed by atoms with E-state index in [0.717, 1.165) is 17.3 Å². The molecular formula is C12H15N3O. The Kier molecular flexibility index (Phi) is 2.56. The van der Waals surface area contributed by atoms with Gasteiger partial charge in [-0.1, -0.05) is 19.1 Å². The third-order valence-corrected chi connectivity index (χ3v) is 2.77. The average molecular weight is 217 g/mol. The second kappa shape index (κ2) is 3.89. The number of fused-ring (bicyclic) bond motifs is 1. The number of carbonyl (C=O) groups excluding carboxylic acids is 1. The Balaban J connectivity index is 2.72. The molecule has 0 atom stereocenters. The summed E-state index contributed by atoms with van der Waals surface area (Å²) in [5, 5.41) is 3.82. The minimum atomic E-state index is -0.417. The number of aromatic nitrogens is 1. The quantitative estimate of drug-likeness (QED) is 0.734. The molecule has 1 amide bonds. The first-order valence-electron chi connectivity index (χ1n) is 5.29. The van der Waals surface area contributed by atoms with Gasteiger partial charge in [-0.2, -0.15) is 0 Å². The summed E-state index contributed by atoms with van der Waals surface area (Å²) in [7, 11) is 1.76. The van der Waals surface area contributed by atoms with Crippen LogP contribution in [0.15, 0.2) is 18.2 Å². The Labute approximate surface area is 93.8 Å². The van der Waals surface area contributed by atoms with Crippen molar-refractivity contribution in [2.45, 2.75) is 13.3 Å². The van der Waals surface area contributed by atoms with Crippen molar-refractivity contribution >= 4 is 22.6 Å². The smallest absolute Gasteiger partial charge is 0.253 e. The summed E-state index contributed by atoms with van der Waals surface area (Å²) < 4.78 is 0. The van der Waals surface area contributed by atoms with Gasteiger partial charge in [0.15, 0.2) is 0 Å². The highest BCUT2D eigenvalue weighted by Gasteiger charge is 2.15. The molecule has 1 aromatic heterocycles. The van der Waals surface area contributed by atoms with E-state index >= 15 is 0 Å². The van der Waals surface area contributed by atoms with Gasteiger partial charge in [-0.05, 0) is 18.1 Å². The molecule has 84 valence electrons. The van der Waals surface area contributed by atoms with Gasteiger partial charge in [0.05, 0.1) is 5.56 Å². The van der Waals surface area contributed by atoms with E-state index in [2.05, 4.69) is 17.2 Å². The molecule has 0 saturated carbocycles. The number of anilines is 1. The van der Waals surface area contributed by atoms with Gasteiger partial charge in [0.25, 0.3) is 5.91 Å². The molecule has 0 bridgehead atoms. The van der Waals surface area contributed by atoms with E-state index in [1.54, 1.807) is 7.05 Å². The molecule has 0 radical (unpaired) electrons. The van der Waals surface area contributed by atoms with Gasteiger partial charge < -0.3 is 16.0 Å². The number of primary amides is 1. The molecule has 0 aliphatic heterocycles. The maximum atomic E-state index is 11.4. The lowest BCUT2D eigenvalue weighted by atomic mass is 10.1. The van der Waals surface area contributed by atoms with Crippen molar-refractivity contribution in [3.05, 3.63) is 29.3 Å². The van der Waals surface area contributed by atoms with Crippen LogP contribution in [0.2, 0.25) is 0 Å². The molecule has 2 rings (SSSR count). The van der Waals surface area contributed by atoms with Gasteiger partial charge in [-0.25, -0.2) is 0 Å². The second-order valence-electron chi connectivity index (χ2n) is 3.72. The Morgan fingerprint density at radius 1 is 1.50 bits per heavy atom. The minimum absolute atomic E-state index is 0.417. The maximum absolute atomic E-state index is 11.4.